The summed E-state index contributed by atoms with van der Waals surface area (Å²) < 4.78 is 11.7. The van der Waals surface area contributed by atoms with Gasteiger partial charge < -0.3 is 20.2 Å². The molecule has 0 saturated carbocycles. The van der Waals surface area contributed by atoms with Crippen molar-refractivity contribution < 1.29 is 9.47 Å². The minimum atomic E-state index is 0.689. The number of aromatic nitrogens is 2. The normalized spacial score (nSPS) is 11.3. The van der Waals surface area contributed by atoms with Gasteiger partial charge in [-0.05, 0) is 86.8 Å². The Morgan fingerprint density at radius 3 is 2.53 bits per heavy atom. The van der Waals surface area contributed by atoms with Crippen molar-refractivity contribution in [1.82, 2.24) is 9.97 Å². The van der Waals surface area contributed by atoms with Crippen LogP contribution in [0.5, 0.6) is 17.2 Å². The van der Waals surface area contributed by atoms with Crippen molar-refractivity contribution in [2.24, 2.45) is 5.73 Å². The molecule has 0 saturated heterocycles. The second-order valence-corrected chi connectivity index (χ2v) is 8.51. The Kier molecular flexibility index (Phi) is 6.19. The Morgan fingerprint density at radius 1 is 0.882 bits per heavy atom. The number of unbranched alkanes of at least 4 members (excludes halogenated alkanes) is 1. The van der Waals surface area contributed by atoms with Gasteiger partial charge in [0.25, 0.3) is 0 Å². The summed E-state index contributed by atoms with van der Waals surface area (Å²) in [6.07, 6.45) is 2.93. The average molecular weight is 452 g/mol. The van der Waals surface area contributed by atoms with Gasteiger partial charge in [-0.2, -0.15) is 0 Å². The van der Waals surface area contributed by atoms with Gasteiger partial charge >= 0.3 is 0 Å². The zero-order valence-corrected chi connectivity index (χ0v) is 19.6. The first kappa shape index (κ1) is 22.0. The molecule has 0 bridgehead atoms. The monoisotopic (exact) mass is 451 g/mol. The van der Waals surface area contributed by atoms with E-state index in [0.29, 0.717) is 6.54 Å². The number of ether oxygens (including phenoxy) is 2. The third kappa shape index (κ3) is 4.22. The molecule has 0 radical (unpaired) electrons. The smallest absolute Gasteiger partial charge is 0.145 e. The van der Waals surface area contributed by atoms with Crippen LogP contribution in [0.4, 0.5) is 0 Å². The predicted molar refractivity (Wildman–Crippen MR) is 139 cm³/mol. The van der Waals surface area contributed by atoms with Crippen molar-refractivity contribution in [1.29, 1.82) is 0 Å². The van der Waals surface area contributed by atoms with Crippen LogP contribution in [0.25, 0.3) is 33.1 Å². The number of hydrogen-bond donors (Lipinski definition) is 2. The number of rotatable bonds is 8. The topological polar surface area (TPSA) is 73.2 Å². The van der Waals surface area contributed by atoms with E-state index >= 15 is 0 Å². The minimum Gasteiger partial charge on any atom is -0.494 e. The quantitative estimate of drug-likeness (QED) is 0.255. The lowest BCUT2D eigenvalue weighted by atomic mass is 9.97. The maximum Gasteiger partial charge on any atom is 0.145 e. The van der Waals surface area contributed by atoms with E-state index in [1.807, 2.05) is 55.5 Å². The Hall–Kier alpha value is -3.83. The second-order valence-electron chi connectivity index (χ2n) is 8.51. The third-order valence-electron chi connectivity index (χ3n) is 6.19. The minimum absolute atomic E-state index is 0.689. The summed E-state index contributed by atoms with van der Waals surface area (Å²) in [6, 6.07) is 24.4. The molecule has 0 fully saturated rings. The average Bonchev–Trinajstić information content (AvgIpc) is 3.21. The second kappa shape index (κ2) is 9.57. The van der Waals surface area contributed by atoms with Crippen LogP contribution in [0.3, 0.4) is 0 Å². The molecule has 2 heterocycles. The van der Waals surface area contributed by atoms with Gasteiger partial charge in [0.05, 0.1) is 12.8 Å². The summed E-state index contributed by atoms with van der Waals surface area (Å²) in [7, 11) is 1.69. The van der Waals surface area contributed by atoms with Crippen LogP contribution >= 0.6 is 0 Å². The van der Waals surface area contributed by atoms with Crippen LogP contribution in [-0.2, 0) is 6.42 Å². The molecule has 0 aliphatic heterocycles. The van der Waals surface area contributed by atoms with Gasteiger partial charge in [-0.25, -0.2) is 4.98 Å². The number of nitrogens with zero attached hydrogens (tertiary/aromatic N) is 1. The van der Waals surface area contributed by atoms with Crippen molar-refractivity contribution in [2.75, 3.05) is 13.7 Å². The standard InChI is InChI=1S/C29H29N3O2/c1-19-11-13-24-23(14-16-27(33-2)29(24)31-19)28-22(10-6-7-17-30)25-18-21(12-15-26(25)32-28)34-20-8-4-3-5-9-20/h3-5,8-9,11-16,18,32H,6-7,10,17,30H2,1-2H3. The van der Waals surface area contributed by atoms with Crippen molar-refractivity contribution in [3.05, 3.63) is 84.1 Å². The summed E-state index contributed by atoms with van der Waals surface area (Å²) in [5.74, 6) is 2.42. The number of nitrogens with one attached hydrogen (secondary N) is 1. The molecule has 0 amide bonds. The molecule has 3 N–H and O–H groups in total. The van der Waals surface area contributed by atoms with Gasteiger partial charge in [-0.15, -0.1) is 0 Å². The van der Waals surface area contributed by atoms with E-state index in [1.165, 1.54) is 10.9 Å². The van der Waals surface area contributed by atoms with E-state index in [2.05, 4.69) is 29.2 Å². The van der Waals surface area contributed by atoms with E-state index in [9.17, 15) is 0 Å². The van der Waals surface area contributed by atoms with Gasteiger partial charge in [0.15, 0.2) is 0 Å². The largest absolute Gasteiger partial charge is 0.494 e. The number of pyridine rings is 1. The highest BCUT2D eigenvalue weighted by atomic mass is 16.5. The molecule has 3 aromatic carbocycles. The number of hydrogen-bond acceptors (Lipinski definition) is 4. The number of methoxy groups -OCH3 is 1. The zero-order chi connectivity index (χ0) is 23.5. The fraction of sp³-hybridized carbons (Fsp3) is 0.207. The molecule has 5 nitrogen and oxygen atoms in total. The lowest BCUT2D eigenvalue weighted by Crippen LogP contribution is -1.99. The summed E-state index contributed by atoms with van der Waals surface area (Å²) >= 11 is 0. The van der Waals surface area contributed by atoms with Crippen LogP contribution in [0.2, 0.25) is 0 Å². The lowest BCUT2D eigenvalue weighted by Gasteiger charge is -2.12. The van der Waals surface area contributed by atoms with Crippen LogP contribution < -0.4 is 15.2 Å². The fourth-order valence-corrected chi connectivity index (χ4v) is 4.52. The molecule has 5 rings (SSSR count). The Balaban J connectivity index is 1.66. The van der Waals surface area contributed by atoms with Crippen LogP contribution in [0, 0.1) is 6.92 Å². The van der Waals surface area contributed by atoms with Crippen molar-refractivity contribution in [3.8, 4) is 28.5 Å². The molecule has 5 heteroatoms. The maximum absolute atomic E-state index is 6.14. The van der Waals surface area contributed by atoms with Crippen LogP contribution in [0.1, 0.15) is 24.1 Å². The van der Waals surface area contributed by atoms with E-state index in [-0.39, 0.29) is 0 Å². The Bertz CT molecular complexity index is 1440. The van der Waals surface area contributed by atoms with E-state index < -0.39 is 0 Å². The summed E-state index contributed by atoms with van der Waals surface area (Å²) in [5.41, 5.74) is 12.2. The van der Waals surface area contributed by atoms with Gasteiger partial charge in [-0.1, -0.05) is 24.3 Å². The molecule has 0 unspecified atom stereocenters. The first-order valence-electron chi connectivity index (χ1n) is 11.7. The number of nitrogens with two attached hydrogens (primary N) is 1. The fourth-order valence-electron chi connectivity index (χ4n) is 4.52. The summed E-state index contributed by atoms with van der Waals surface area (Å²) in [5, 5.41) is 2.24. The number of para-hydroxylation sites is 1. The molecule has 2 aromatic heterocycles. The molecule has 172 valence electrons. The number of aromatic amines is 1. The van der Waals surface area contributed by atoms with E-state index in [4.69, 9.17) is 20.2 Å². The molecule has 5 aromatic rings. The zero-order valence-electron chi connectivity index (χ0n) is 19.6. The Morgan fingerprint density at radius 2 is 1.74 bits per heavy atom. The number of fused-ring (bicyclic) bond motifs is 2. The predicted octanol–water partition coefficient (Wildman–Crippen LogP) is 6.77. The number of benzene rings is 3. The first-order valence-corrected chi connectivity index (χ1v) is 11.7. The van der Waals surface area contributed by atoms with Crippen molar-refractivity contribution in [2.45, 2.75) is 26.2 Å². The van der Waals surface area contributed by atoms with Crippen LogP contribution in [0.15, 0.2) is 72.8 Å². The molecular formula is C29H29N3O2. The van der Waals surface area contributed by atoms with Gasteiger partial charge in [0.2, 0.25) is 0 Å². The van der Waals surface area contributed by atoms with Crippen molar-refractivity contribution >= 4 is 21.8 Å². The SMILES string of the molecule is COc1ccc(-c2[nH]c3ccc(Oc4ccccc4)cc3c2CCCCN)c2ccc(C)nc12. The summed E-state index contributed by atoms with van der Waals surface area (Å²) in [4.78, 5) is 8.46. The molecule has 34 heavy (non-hydrogen) atoms. The van der Waals surface area contributed by atoms with Gasteiger partial charge in [0.1, 0.15) is 22.8 Å². The van der Waals surface area contributed by atoms with Gasteiger partial charge in [-0.3, -0.25) is 0 Å². The van der Waals surface area contributed by atoms with Crippen molar-refractivity contribution in [3.63, 3.8) is 0 Å². The molecule has 0 atom stereocenters. The highest BCUT2D eigenvalue weighted by Gasteiger charge is 2.18. The number of H-pyrrole nitrogens is 1. The van der Waals surface area contributed by atoms with E-state index in [0.717, 1.165) is 69.9 Å². The maximum atomic E-state index is 6.14. The lowest BCUT2D eigenvalue weighted by molar-refractivity contribution is 0.419. The third-order valence-corrected chi connectivity index (χ3v) is 6.19. The summed E-state index contributed by atoms with van der Waals surface area (Å²) in [6.45, 7) is 2.69. The first-order chi connectivity index (χ1) is 16.7. The molecular weight excluding hydrogens is 422 g/mol. The Labute approximate surface area is 199 Å². The van der Waals surface area contributed by atoms with Crippen LogP contribution in [-0.4, -0.2) is 23.6 Å². The molecule has 0 spiro atoms. The van der Waals surface area contributed by atoms with E-state index in [1.54, 1.807) is 7.11 Å². The number of aryl methyl sites for hydroxylation is 2. The highest BCUT2D eigenvalue weighted by molar-refractivity contribution is 6.01. The molecule has 0 aliphatic carbocycles. The van der Waals surface area contributed by atoms with Gasteiger partial charge in [0, 0.05) is 27.5 Å². The molecule has 0 aliphatic rings. The highest BCUT2D eigenvalue weighted by Crippen LogP contribution is 2.39.